The van der Waals surface area contributed by atoms with E-state index in [1.807, 2.05) is 6.92 Å². The van der Waals surface area contributed by atoms with Crippen LogP contribution in [0.1, 0.15) is 32.6 Å². The first-order valence-electron chi connectivity index (χ1n) is 5.62. The van der Waals surface area contributed by atoms with Crippen LogP contribution in [0.4, 0.5) is 0 Å². The lowest BCUT2D eigenvalue weighted by atomic mass is 9.67. The van der Waals surface area contributed by atoms with Gasteiger partial charge in [-0.05, 0) is 26.2 Å². The summed E-state index contributed by atoms with van der Waals surface area (Å²) in [6.07, 6.45) is 2.46. The van der Waals surface area contributed by atoms with Crippen molar-refractivity contribution >= 4 is 11.9 Å². The van der Waals surface area contributed by atoms with Crippen LogP contribution in [0.15, 0.2) is 0 Å². The maximum Gasteiger partial charge on any atom is 0.319 e. The van der Waals surface area contributed by atoms with Crippen LogP contribution in [0, 0.1) is 5.41 Å². The van der Waals surface area contributed by atoms with E-state index < -0.39 is 16.9 Å². The van der Waals surface area contributed by atoms with Gasteiger partial charge in [0, 0.05) is 6.61 Å². The van der Waals surface area contributed by atoms with Crippen molar-refractivity contribution in [2.24, 2.45) is 5.41 Å². The van der Waals surface area contributed by atoms with Gasteiger partial charge < -0.3 is 15.2 Å². The molecule has 5 heteroatoms. The molecule has 2 fully saturated rings. The molecule has 0 aromatic rings. The molecule has 1 atom stereocenters. The number of nitrogens with one attached hydrogen (secondary N) is 1. The second-order valence-electron chi connectivity index (χ2n) is 5.06. The van der Waals surface area contributed by atoms with Gasteiger partial charge >= 0.3 is 5.97 Å². The molecular formula is C11H17NO4. The Morgan fingerprint density at radius 3 is 2.38 bits per heavy atom. The summed E-state index contributed by atoms with van der Waals surface area (Å²) in [7, 11) is 0. The van der Waals surface area contributed by atoms with Gasteiger partial charge in [0.15, 0.2) is 0 Å². The van der Waals surface area contributed by atoms with Crippen molar-refractivity contribution < 1.29 is 19.4 Å². The summed E-state index contributed by atoms with van der Waals surface area (Å²) < 4.78 is 5.22. The van der Waals surface area contributed by atoms with E-state index in [1.54, 1.807) is 0 Å². The molecule has 90 valence electrons. The second-order valence-corrected chi connectivity index (χ2v) is 5.06. The molecule has 1 amide bonds. The van der Waals surface area contributed by atoms with E-state index in [0.29, 0.717) is 26.1 Å². The molecule has 5 nitrogen and oxygen atoms in total. The van der Waals surface area contributed by atoms with Gasteiger partial charge in [-0.2, -0.15) is 0 Å². The highest BCUT2D eigenvalue weighted by atomic mass is 16.5. The van der Waals surface area contributed by atoms with E-state index in [1.165, 1.54) is 0 Å². The Hall–Kier alpha value is -1.10. The molecule has 0 radical (unpaired) electrons. The molecule has 1 saturated carbocycles. The van der Waals surface area contributed by atoms with Crippen LogP contribution in [0.3, 0.4) is 0 Å². The molecule has 2 aliphatic rings. The number of carboxylic acid groups (broad SMARTS) is 1. The van der Waals surface area contributed by atoms with Crippen molar-refractivity contribution in [3.8, 4) is 0 Å². The molecule has 1 saturated heterocycles. The van der Waals surface area contributed by atoms with Crippen molar-refractivity contribution in [2.45, 2.75) is 38.1 Å². The predicted molar refractivity (Wildman–Crippen MR) is 55.9 cm³/mol. The quantitative estimate of drug-likeness (QED) is 0.690. The Bertz CT molecular complexity index is 316. The standard InChI is InChI=1S/C11H17NO4/c1-10(5-6-16-7-10)12-8(13)11(9(14)15)3-2-4-11/h2-7H2,1H3,(H,12,13)(H,14,15). The van der Waals surface area contributed by atoms with E-state index in [9.17, 15) is 9.59 Å². The number of carbonyl (C=O) groups is 2. The monoisotopic (exact) mass is 227 g/mol. The summed E-state index contributed by atoms with van der Waals surface area (Å²) in [5.74, 6) is -1.35. The van der Waals surface area contributed by atoms with E-state index in [4.69, 9.17) is 9.84 Å². The number of ether oxygens (including phenoxy) is 1. The minimum atomic E-state index is -1.17. The highest BCUT2D eigenvalue weighted by Gasteiger charge is 2.52. The molecule has 2 N–H and O–H groups in total. The van der Waals surface area contributed by atoms with Crippen LogP contribution in [-0.2, 0) is 14.3 Å². The van der Waals surface area contributed by atoms with Crippen LogP contribution in [0.5, 0.6) is 0 Å². The van der Waals surface area contributed by atoms with Crippen LogP contribution < -0.4 is 5.32 Å². The number of carboxylic acids is 1. The summed E-state index contributed by atoms with van der Waals surface area (Å²) in [5.41, 5.74) is -1.57. The first-order chi connectivity index (χ1) is 7.49. The smallest absolute Gasteiger partial charge is 0.319 e. The molecular weight excluding hydrogens is 210 g/mol. The predicted octanol–water partition coefficient (Wildman–Crippen LogP) is 0.536. The normalized spacial score (nSPS) is 31.8. The number of aliphatic carboxylic acids is 1. The summed E-state index contributed by atoms with van der Waals surface area (Å²) in [6.45, 7) is 2.98. The van der Waals surface area contributed by atoms with Crippen LogP contribution in [0.25, 0.3) is 0 Å². The lowest BCUT2D eigenvalue weighted by Gasteiger charge is -2.38. The highest BCUT2D eigenvalue weighted by Crippen LogP contribution is 2.42. The zero-order valence-corrected chi connectivity index (χ0v) is 9.41. The lowest BCUT2D eigenvalue weighted by Crippen LogP contribution is -2.57. The third kappa shape index (κ3) is 1.69. The van der Waals surface area contributed by atoms with E-state index in [0.717, 1.165) is 12.8 Å². The fourth-order valence-electron chi connectivity index (χ4n) is 2.23. The zero-order chi connectivity index (χ0) is 11.8. The Kier molecular flexibility index (Phi) is 2.66. The molecule has 0 spiro atoms. The van der Waals surface area contributed by atoms with Crippen molar-refractivity contribution in [1.29, 1.82) is 0 Å². The van der Waals surface area contributed by atoms with Crippen LogP contribution >= 0.6 is 0 Å². The van der Waals surface area contributed by atoms with Crippen LogP contribution in [0.2, 0.25) is 0 Å². The number of amides is 1. The minimum absolute atomic E-state index is 0.348. The molecule has 1 aliphatic carbocycles. The number of rotatable bonds is 3. The van der Waals surface area contributed by atoms with Crippen LogP contribution in [-0.4, -0.2) is 35.7 Å². The van der Waals surface area contributed by atoms with Gasteiger partial charge in [0.2, 0.25) is 5.91 Å². The molecule has 0 aromatic heterocycles. The van der Waals surface area contributed by atoms with E-state index in [-0.39, 0.29) is 5.91 Å². The molecule has 0 bridgehead atoms. The van der Waals surface area contributed by atoms with Gasteiger partial charge in [-0.25, -0.2) is 0 Å². The third-order valence-electron chi connectivity index (χ3n) is 3.69. The molecule has 16 heavy (non-hydrogen) atoms. The Balaban J connectivity index is 2.04. The third-order valence-corrected chi connectivity index (χ3v) is 3.69. The zero-order valence-electron chi connectivity index (χ0n) is 9.41. The van der Waals surface area contributed by atoms with Gasteiger partial charge in [0.1, 0.15) is 5.41 Å². The number of carbonyl (C=O) groups excluding carboxylic acids is 1. The number of hydrogen-bond acceptors (Lipinski definition) is 3. The maximum absolute atomic E-state index is 12.0. The van der Waals surface area contributed by atoms with Crippen molar-refractivity contribution in [1.82, 2.24) is 5.32 Å². The van der Waals surface area contributed by atoms with Crippen molar-refractivity contribution in [3.05, 3.63) is 0 Å². The SMILES string of the molecule is CC1(NC(=O)C2(C(=O)O)CCC2)CCOC1. The van der Waals surface area contributed by atoms with Gasteiger partial charge in [-0.3, -0.25) is 9.59 Å². The Morgan fingerprint density at radius 1 is 1.31 bits per heavy atom. The molecule has 1 aliphatic heterocycles. The van der Waals surface area contributed by atoms with Crippen molar-refractivity contribution in [3.63, 3.8) is 0 Å². The average molecular weight is 227 g/mol. The summed E-state index contributed by atoms with van der Waals surface area (Å²) in [5, 5.41) is 12.0. The first kappa shape index (κ1) is 11.4. The molecule has 2 rings (SSSR count). The fraction of sp³-hybridized carbons (Fsp3) is 0.818. The Morgan fingerprint density at radius 2 is 2.00 bits per heavy atom. The van der Waals surface area contributed by atoms with Gasteiger partial charge in [0.25, 0.3) is 0 Å². The maximum atomic E-state index is 12.0. The fourth-order valence-corrected chi connectivity index (χ4v) is 2.23. The van der Waals surface area contributed by atoms with Crippen molar-refractivity contribution in [2.75, 3.05) is 13.2 Å². The lowest BCUT2D eigenvalue weighted by molar-refractivity contribution is -0.162. The van der Waals surface area contributed by atoms with Gasteiger partial charge in [0.05, 0.1) is 12.1 Å². The molecule has 1 unspecified atom stereocenters. The second kappa shape index (κ2) is 3.73. The van der Waals surface area contributed by atoms with E-state index >= 15 is 0 Å². The molecule has 0 aromatic carbocycles. The average Bonchev–Trinajstić information content (AvgIpc) is 2.48. The summed E-state index contributed by atoms with van der Waals surface area (Å²) in [6, 6.07) is 0. The van der Waals surface area contributed by atoms with Gasteiger partial charge in [-0.1, -0.05) is 6.42 Å². The summed E-state index contributed by atoms with van der Waals surface area (Å²) in [4.78, 5) is 23.1. The summed E-state index contributed by atoms with van der Waals surface area (Å²) >= 11 is 0. The minimum Gasteiger partial charge on any atom is -0.480 e. The highest BCUT2D eigenvalue weighted by molar-refractivity contribution is 6.03. The largest absolute Gasteiger partial charge is 0.480 e. The topological polar surface area (TPSA) is 75.6 Å². The Labute approximate surface area is 94.2 Å². The molecule has 1 heterocycles. The van der Waals surface area contributed by atoms with Gasteiger partial charge in [-0.15, -0.1) is 0 Å². The van der Waals surface area contributed by atoms with E-state index in [2.05, 4.69) is 5.32 Å². The first-order valence-corrected chi connectivity index (χ1v) is 5.62. The number of hydrogen-bond donors (Lipinski definition) is 2.